The Kier molecular flexibility index (Phi) is 5.28. The molecular formula is C21H24F3NO. The van der Waals surface area contributed by atoms with Gasteiger partial charge in [-0.2, -0.15) is 13.2 Å². The highest BCUT2D eigenvalue weighted by molar-refractivity contribution is 5.37. The summed E-state index contributed by atoms with van der Waals surface area (Å²) in [7, 11) is 0. The number of benzene rings is 2. The first-order valence-electron chi connectivity index (χ1n) is 9.01. The minimum Gasteiger partial charge on any atom is -0.508 e. The monoisotopic (exact) mass is 363 g/mol. The second-order valence-corrected chi connectivity index (χ2v) is 7.09. The molecule has 0 radical (unpaired) electrons. The third-order valence-electron chi connectivity index (χ3n) is 5.28. The fraction of sp³-hybridized carbons (Fsp3) is 0.429. The lowest BCUT2D eigenvalue weighted by Crippen LogP contribution is -2.28. The zero-order valence-electron chi connectivity index (χ0n) is 15.1. The minimum atomic E-state index is -4.29. The minimum absolute atomic E-state index is 0.274. The van der Waals surface area contributed by atoms with E-state index in [9.17, 15) is 18.3 Å². The summed E-state index contributed by atoms with van der Waals surface area (Å²) >= 11 is 0. The van der Waals surface area contributed by atoms with Crippen LogP contribution >= 0.6 is 0 Å². The molecule has 3 rings (SSSR count). The molecule has 1 aliphatic heterocycles. The Hall–Kier alpha value is -2.01. The van der Waals surface area contributed by atoms with Crippen LogP contribution in [0.1, 0.15) is 48.1 Å². The van der Waals surface area contributed by atoms with E-state index in [0.717, 1.165) is 36.0 Å². The van der Waals surface area contributed by atoms with Gasteiger partial charge in [-0.1, -0.05) is 25.1 Å². The normalized spacial score (nSPS) is 15.9. The molecule has 0 aliphatic carbocycles. The van der Waals surface area contributed by atoms with Gasteiger partial charge < -0.3 is 5.11 Å². The van der Waals surface area contributed by atoms with Crippen LogP contribution in [0.3, 0.4) is 0 Å². The van der Waals surface area contributed by atoms with Crippen molar-refractivity contribution in [3.8, 4) is 5.75 Å². The number of phenols is 1. The lowest BCUT2D eigenvalue weighted by atomic mass is 10.0. The fourth-order valence-corrected chi connectivity index (χ4v) is 3.54. The Morgan fingerprint density at radius 2 is 1.81 bits per heavy atom. The quantitative estimate of drug-likeness (QED) is 0.778. The van der Waals surface area contributed by atoms with Crippen molar-refractivity contribution in [3.05, 3.63) is 64.2 Å². The predicted octanol–water partition coefficient (Wildman–Crippen LogP) is 5.31. The standard InChI is InChI=1S/C21H24F3NO/c1-3-16-10-15(6-9-20(16)26)5-4-14(2)25-12-17-7-8-19(21(22,23)24)11-18(17)13-25/h6-11,14,26H,3-5,12-13H2,1-2H3. The van der Waals surface area contributed by atoms with Crippen LogP contribution in [-0.4, -0.2) is 16.0 Å². The van der Waals surface area contributed by atoms with E-state index in [1.54, 1.807) is 12.1 Å². The van der Waals surface area contributed by atoms with E-state index in [1.807, 2.05) is 19.1 Å². The summed E-state index contributed by atoms with van der Waals surface area (Å²) in [6.07, 6.45) is -1.69. The van der Waals surface area contributed by atoms with Crippen molar-refractivity contribution >= 4 is 0 Å². The summed E-state index contributed by atoms with van der Waals surface area (Å²) in [5.74, 6) is 0.333. The number of nitrogens with zero attached hydrogens (tertiary/aromatic N) is 1. The number of halogens is 3. The Labute approximate surface area is 152 Å². The SMILES string of the molecule is CCc1cc(CCC(C)N2Cc3ccc(C(F)(F)F)cc3C2)ccc1O. The van der Waals surface area contributed by atoms with Crippen LogP contribution in [0.25, 0.3) is 0 Å². The van der Waals surface area contributed by atoms with E-state index >= 15 is 0 Å². The molecule has 1 aliphatic rings. The van der Waals surface area contributed by atoms with E-state index in [-0.39, 0.29) is 6.04 Å². The van der Waals surface area contributed by atoms with Crippen LogP contribution in [0.4, 0.5) is 13.2 Å². The molecule has 0 amide bonds. The molecular weight excluding hydrogens is 339 g/mol. The molecule has 0 saturated heterocycles. The van der Waals surface area contributed by atoms with Crippen molar-refractivity contribution < 1.29 is 18.3 Å². The third-order valence-corrected chi connectivity index (χ3v) is 5.28. The van der Waals surface area contributed by atoms with Gasteiger partial charge in [-0.05, 0) is 66.6 Å². The molecule has 5 heteroatoms. The first kappa shape index (κ1) is 18.8. The zero-order chi connectivity index (χ0) is 18.9. The second kappa shape index (κ2) is 7.31. The van der Waals surface area contributed by atoms with E-state index in [2.05, 4.69) is 11.8 Å². The van der Waals surface area contributed by atoms with Crippen molar-refractivity contribution in [1.29, 1.82) is 0 Å². The van der Waals surface area contributed by atoms with Gasteiger partial charge >= 0.3 is 6.18 Å². The van der Waals surface area contributed by atoms with Gasteiger partial charge in [0.05, 0.1) is 5.56 Å². The molecule has 0 fully saturated rings. The molecule has 0 bridgehead atoms. The van der Waals surface area contributed by atoms with Gasteiger partial charge in [0.15, 0.2) is 0 Å². The highest BCUT2D eigenvalue weighted by atomic mass is 19.4. The molecule has 2 aromatic carbocycles. The van der Waals surface area contributed by atoms with Crippen molar-refractivity contribution in [1.82, 2.24) is 4.90 Å². The van der Waals surface area contributed by atoms with Crippen molar-refractivity contribution in [2.24, 2.45) is 0 Å². The molecule has 0 aromatic heterocycles. The van der Waals surface area contributed by atoms with E-state index in [1.165, 1.54) is 17.7 Å². The average Bonchev–Trinajstić information content (AvgIpc) is 3.03. The van der Waals surface area contributed by atoms with Crippen molar-refractivity contribution in [2.45, 2.75) is 58.4 Å². The molecule has 2 aromatic rings. The van der Waals surface area contributed by atoms with Gasteiger partial charge in [0, 0.05) is 19.1 Å². The zero-order valence-corrected chi connectivity index (χ0v) is 15.1. The maximum absolute atomic E-state index is 12.9. The summed E-state index contributed by atoms with van der Waals surface area (Å²) in [6, 6.07) is 10.1. The van der Waals surface area contributed by atoms with Crippen LogP contribution in [0.2, 0.25) is 0 Å². The van der Waals surface area contributed by atoms with Crippen molar-refractivity contribution in [2.75, 3.05) is 0 Å². The first-order valence-corrected chi connectivity index (χ1v) is 9.01. The van der Waals surface area contributed by atoms with Crippen LogP contribution < -0.4 is 0 Å². The summed E-state index contributed by atoms with van der Waals surface area (Å²) in [4.78, 5) is 2.23. The smallest absolute Gasteiger partial charge is 0.416 e. The molecule has 26 heavy (non-hydrogen) atoms. The van der Waals surface area contributed by atoms with Gasteiger partial charge in [-0.15, -0.1) is 0 Å². The van der Waals surface area contributed by atoms with Gasteiger partial charge in [0.2, 0.25) is 0 Å². The van der Waals surface area contributed by atoms with Gasteiger partial charge in [0.1, 0.15) is 5.75 Å². The molecule has 0 saturated carbocycles. The Bertz CT molecular complexity index is 785. The van der Waals surface area contributed by atoms with Crippen LogP contribution in [0, 0.1) is 0 Å². The molecule has 2 nitrogen and oxygen atoms in total. The van der Waals surface area contributed by atoms with Crippen LogP contribution in [0.5, 0.6) is 5.75 Å². The number of hydrogen-bond acceptors (Lipinski definition) is 2. The molecule has 1 atom stereocenters. The molecule has 1 unspecified atom stereocenters. The van der Waals surface area contributed by atoms with Crippen LogP contribution in [-0.2, 0) is 32.1 Å². The average molecular weight is 363 g/mol. The first-order chi connectivity index (χ1) is 12.3. The third kappa shape index (κ3) is 4.04. The Balaban J connectivity index is 1.62. The number of fused-ring (bicyclic) bond motifs is 1. The number of aryl methyl sites for hydroxylation is 2. The Morgan fingerprint density at radius 1 is 1.08 bits per heavy atom. The van der Waals surface area contributed by atoms with Gasteiger partial charge in [0.25, 0.3) is 0 Å². The highest BCUT2D eigenvalue weighted by Gasteiger charge is 2.32. The summed E-state index contributed by atoms with van der Waals surface area (Å²) in [5.41, 5.74) is 3.33. The number of rotatable bonds is 5. The van der Waals surface area contributed by atoms with E-state index in [4.69, 9.17) is 0 Å². The molecule has 1 N–H and O–H groups in total. The largest absolute Gasteiger partial charge is 0.508 e. The van der Waals surface area contributed by atoms with Crippen LogP contribution in [0.15, 0.2) is 36.4 Å². The van der Waals surface area contributed by atoms with Gasteiger partial charge in [-0.25, -0.2) is 0 Å². The fourth-order valence-electron chi connectivity index (χ4n) is 3.54. The molecule has 140 valence electrons. The van der Waals surface area contributed by atoms with E-state index < -0.39 is 11.7 Å². The summed E-state index contributed by atoms with van der Waals surface area (Å²) < 4.78 is 38.6. The summed E-state index contributed by atoms with van der Waals surface area (Å²) in [5, 5.41) is 9.78. The topological polar surface area (TPSA) is 23.5 Å². The van der Waals surface area contributed by atoms with Crippen molar-refractivity contribution in [3.63, 3.8) is 0 Å². The maximum Gasteiger partial charge on any atom is 0.416 e. The number of hydrogen-bond donors (Lipinski definition) is 1. The number of alkyl halides is 3. The van der Waals surface area contributed by atoms with E-state index in [0.29, 0.717) is 18.8 Å². The predicted molar refractivity (Wildman–Crippen MR) is 96.0 cm³/mol. The highest BCUT2D eigenvalue weighted by Crippen LogP contribution is 2.34. The summed E-state index contributed by atoms with van der Waals surface area (Å²) in [6.45, 7) is 5.40. The lowest BCUT2D eigenvalue weighted by Gasteiger charge is -2.24. The number of phenolic OH excluding ortho intramolecular Hbond substituents is 1. The second-order valence-electron chi connectivity index (χ2n) is 7.09. The lowest BCUT2D eigenvalue weighted by molar-refractivity contribution is -0.137. The maximum atomic E-state index is 12.9. The molecule has 0 spiro atoms. The van der Waals surface area contributed by atoms with Gasteiger partial charge in [-0.3, -0.25) is 4.90 Å². The number of aromatic hydroxyl groups is 1. The Morgan fingerprint density at radius 3 is 2.50 bits per heavy atom. The molecule has 1 heterocycles.